The quantitative estimate of drug-likeness (QED) is 0.117. The molecule has 0 spiro atoms. The molecule has 0 unspecified atom stereocenters. The van der Waals surface area contributed by atoms with Gasteiger partial charge in [-0.15, -0.1) is 0 Å². The summed E-state index contributed by atoms with van der Waals surface area (Å²) < 4.78 is 10.7. The zero-order valence-corrected chi connectivity index (χ0v) is 35.6. The molecule has 4 aromatic carbocycles. The average molecular weight is 831 g/mol. The number of anilines is 2. The molecule has 0 aliphatic heterocycles. The molecular weight excluding hydrogens is 782 g/mol. The Morgan fingerprint density at radius 3 is 1.29 bits per heavy atom. The monoisotopic (exact) mass is 828 g/mol. The van der Waals surface area contributed by atoms with E-state index in [0.717, 1.165) is 52.2 Å². The third-order valence-electron chi connectivity index (χ3n) is 9.35. The van der Waals surface area contributed by atoms with E-state index in [1.54, 1.807) is 32.5 Å². The summed E-state index contributed by atoms with van der Waals surface area (Å²) in [6.45, 7) is 9.97. The second kappa shape index (κ2) is 20.1. The molecule has 0 aliphatic carbocycles. The molecule has 2 heterocycles. The third kappa shape index (κ3) is 11.3. The summed E-state index contributed by atoms with van der Waals surface area (Å²) in [5.74, 6) is 1.94. The van der Waals surface area contributed by atoms with E-state index in [0.29, 0.717) is 62.2 Å². The van der Waals surface area contributed by atoms with Crippen molar-refractivity contribution >= 4 is 57.8 Å². The summed E-state index contributed by atoms with van der Waals surface area (Å²) in [6, 6.07) is 32.6. The highest BCUT2D eigenvalue weighted by molar-refractivity contribution is 6.37. The number of nitrogens with two attached hydrogens (primary N) is 1. The van der Waals surface area contributed by atoms with Gasteiger partial charge in [-0.1, -0.05) is 135 Å². The summed E-state index contributed by atoms with van der Waals surface area (Å²) >= 11 is 26.2. The van der Waals surface area contributed by atoms with E-state index in [4.69, 9.17) is 61.6 Å². The Kier molecular flexibility index (Phi) is 15.3. The summed E-state index contributed by atoms with van der Waals surface area (Å²) in [5, 5.41) is 2.45. The van der Waals surface area contributed by atoms with Crippen molar-refractivity contribution in [2.75, 3.05) is 24.9 Å². The molecule has 0 fully saturated rings. The van der Waals surface area contributed by atoms with Gasteiger partial charge in [0.15, 0.2) is 0 Å². The molecule has 0 atom stereocenters. The normalized spacial score (nSPS) is 11.0. The largest absolute Gasteiger partial charge is 0.481 e. The number of pyridine rings is 2. The maximum Gasteiger partial charge on any atom is 0.216 e. The van der Waals surface area contributed by atoms with E-state index in [9.17, 15) is 0 Å². The fourth-order valence-corrected chi connectivity index (χ4v) is 7.63. The lowest BCUT2D eigenvalue weighted by Gasteiger charge is -2.26. The number of methoxy groups -OCH3 is 2. The van der Waals surface area contributed by atoms with Gasteiger partial charge in [-0.3, -0.25) is 0 Å². The molecule has 56 heavy (non-hydrogen) atoms. The van der Waals surface area contributed by atoms with Crippen molar-refractivity contribution in [2.24, 2.45) is 0 Å². The molecule has 0 aliphatic rings. The summed E-state index contributed by atoms with van der Waals surface area (Å²) in [7, 11) is 3.28. The second-order valence-electron chi connectivity index (χ2n) is 14.2. The molecule has 10 heteroatoms. The van der Waals surface area contributed by atoms with Crippen molar-refractivity contribution in [3.63, 3.8) is 0 Å². The minimum absolute atomic E-state index is 0.301. The molecule has 2 aromatic heterocycles. The highest BCUT2D eigenvalue weighted by Crippen LogP contribution is 2.36. The Balaban J connectivity index is 0.000000244. The Bertz CT molecular complexity index is 2130. The summed E-state index contributed by atoms with van der Waals surface area (Å²) in [6.07, 6.45) is 4.83. The number of rotatable bonds is 13. The summed E-state index contributed by atoms with van der Waals surface area (Å²) in [4.78, 5) is 11.2. The smallest absolute Gasteiger partial charge is 0.216 e. The van der Waals surface area contributed by atoms with E-state index < -0.39 is 0 Å². The van der Waals surface area contributed by atoms with Crippen LogP contribution in [0.2, 0.25) is 20.1 Å². The first-order chi connectivity index (χ1) is 26.9. The lowest BCUT2D eigenvalue weighted by molar-refractivity contribution is 0.390. The Morgan fingerprint density at radius 2 is 0.929 bits per heavy atom. The topological polar surface area (TPSA) is 73.5 Å². The molecule has 0 bridgehead atoms. The molecule has 6 rings (SSSR count). The standard InChI is InChI=1S/C30H30Cl2N2O.C16H18Cl2N2O/c1-21(2)26-14-24(18-33-30(26)35-3)15-27-28(31)16-25(17-29(27)32)34(19-22-10-6-4-7-11-22)20-23-12-8-5-9-13-23;1-9(2)12-4-10(8-20-16(12)21-3)5-13-14(17)6-11(19)7-15(13)18/h4-14,16-18,21H,15,19-20H2,1-3H3;4,6-9H,5,19H2,1-3H3. The summed E-state index contributed by atoms with van der Waals surface area (Å²) in [5.41, 5.74) is 15.7. The van der Waals surface area contributed by atoms with Crippen LogP contribution in [0.4, 0.5) is 11.4 Å². The molecule has 6 aromatic rings. The van der Waals surface area contributed by atoms with Gasteiger partial charge in [0.1, 0.15) is 0 Å². The minimum Gasteiger partial charge on any atom is -0.481 e. The Labute approximate surface area is 351 Å². The van der Waals surface area contributed by atoms with Gasteiger partial charge in [-0.2, -0.15) is 0 Å². The number of nitrogen functional groups attached to an aromatic ring is 1. The van der Waals surface area contributed by atoms with Crippen molar-refractivity contribution in [3.05, 3.63) is 174 Å². The predicted molar refractivity (Wildman–Crippen MR) is 235 cm³/mol. The van der Waals surface area contributed by atoms with Crippen LogP contribution < -0.4 is 20.1 Å². The minimum atomic E-state index is 0.301. The van der Waals surface area contributed by atoms with Gasteiger partial charge in [0.2, 0.25) is 11.8 Å². The Hall–Kier alpha value is -4.46. The number of ether oxygens (including phenoxy) is 2. The van der Waals surface area contributed by atoms with Gasteiger partial charge >= 0.3 is 0 Å². The van der Waals surface area contributed by atoms with Crippen LogP contribution >= 0.6 is 46.4 Å². The van der Waals surface area contributed by atoms with Crippen molar-refractivity contribution in [1.29, 1.82) is 0 Å². The molecule has 6 nitrogen and oxygen atoms in total. The van der Waals surface area contributed by atoms with Gasteiger partial charge in [0.25, 0.3) is 0 Å². The number of aromatic nitrogens is 2. The van der Waals surface area contributed by atoms with Gasteiger partial charge in [-0.05, 0) is 81.6 Å². The van der Waals surface area contributed by atoms with Crippen LogP contribution in [0.3, 0.4) is 0 Å². The third-order valence-corrected chi connectivity index (χ3v) is 10.7. The maximum atomic E-state index is 6.84. The number of nitrogens with zero attached hydrogens (tertiary/aromatic N) is 3. The first kappa shape index (κ1) is 42.7. The molecule has 0 saturated carbocycles. The van der Waals surface area contributed by atoms with Gasteiger partial charge in [0.05, 0.1) is 14.2 Å². The fraction of sp³-hybridized carbons (Fsp3) is 0.261. The lowest BCUT2D eigenvalue weighted by Crippen LogP contribution is -2.22. The van der Waals surface area contributed by atoms with Crippen LogP contribution in [0, 0.1) is 0 Å². The highest BCUT2D eigenvalue weighted by atomic mass is 35.5. The number of hydrogen-bond acceptors (Lipinski definition) is 6. The number of hydrogen-bond donors (Lipinski definition) is 1. The van der Waals surface area contributed by atoms with E-state index in [-0.39, 0.29) is 0 Å². The van der Waals surface area contributed by atoms with Crippen LogP contribution in [0.1, 0.15) is 84.0 Å². The Morgan fingerprint density at radius 1 is 0.554 bits per heavy atom. The van der Waals surface area contributed by atoms with E-state index in [1.165, 1.54) is 11.1 Å². The van der Waals surface area contributed by atoms with Gasteiger partial charge < -0.3 is 20.1 Å². The molecule has 0 radical (unpaired) electrons. The van der Waals surface area contributed by atoms with Crippen LogP contribution in [0.25, 0.3) is 0 Å². The molecule has 0 amide bonds. The lowest BCUT2D eigenvalue weighted by atomic mass is 9.99. The first-order valence-electron chi connectivity index (χ1n) is 18.5. The highest BCUT2D eigenvalue weighted by Gasteiger charge is 2.17. The first-order valence-corrected chi connectivity index (χ1v) is 20.0. The van der Waals surface area contributed by atoms with Crippen molar-refractivity contribution in [1.82, 2.24) is 9.97 Å². The average Bonchev–Trinajstić information content (AvgIpc) is 3.18. The number of benzene rings is 4. The van der Waals surface area contributed by atoms with E-state index >= 15 is 0 Å². The van der Waals surface area contributed by atoms with Gasteiger partial charge in [0, 0.05) is 80.9 Å². The molecule has 292 valence electrons. The molecule has 0 saturated heterocycles. The zero-order chi connectivity index (χ0) is 40.4. The zero-order valence-electron chi connectivity index (χ0n) is 32.6. The van der Waals surface area contributed by atoms with Crippen molar-refractivity contribution in [2.45, 2.75) is 65.5 Å². The van der Waals surface area contributed by atoms with E-state index in [1.807, 2.05) is 30.5 Å². The molecule has 2 N–H and O–H groups in total. The van der Waals surface area contributed by atoms with Gasteiger partial charge in [-0.25, -0.2) is 9.97 Å². The van der Waals surface area contributed by atoms with Crippen molar-refractivity contribution in [3.8, 4) is 11.8 Å². The number of halogens is 4. The second-order valence-corrected chi connectivity index (χ2v) is 15.9. The van der Waals surface area contributed by atoms with Crippen LogP contribution in [-0.2, 0) is 25.9 Å². The maximum absolute atomic E-state index is 6.84. The van der Waals surface area contributed by atoms with Crippen LogP contribution in [-0.4, -0.2) is 24.2 Å². The van der Waals surface area contributed by atoms with E-state index in [2.05, 4.69) is 103 Å². The SMILES string of the molecule is COc1ncc(Cc2c(Cl)cc(N(Cc3ccccc3)Cc3ccccc3)cc2Cl)cc1C(C)C.COc1ncc(Cc2c(Cl)cc(N)cc2Cl)cc1C(C)C. The van der Waals surface area contributed by atoms with Crippen molar-refractivity contribution < 1.29 is 9.47 Å². The van der Waals surface area contributed by atoms with Crippen LogP contribution in [0.5, 0.6) is 11.8 Å². The van der Waals surface area contributed by atoms with Crippen LogP contribution in [0.15, 0.2) is 109 Å². The molecular formula is C46H48Cl4N4O2. The predicted octanol–water partition coefficient (Wildman–Crippen LogP) is 13.0. The fourth-order valence-electron chi connectivity index (χ4n) is 6.38.